The van der Waals surface area contributed by atoms with Crippen molar-refractivity contribution >= 4 is 5.69 Å². The molecule has 110 valence electrons. The number of aromatic nitrogens is 1. The smallest absolute Gasteiger partial charge is 0.269 e. The van der Waals surface area contributed by atoms with Crippen LogP contribution >= 0.6 is 0 Å². The van der Waals surface area contributed by atoms with E-state index in [0.717, 1.165) is 11.1 Å². The number of aryl methyl sites for hydroxylation is 1. The maximum Gasteiger partial charge on any atom is 0.269 e. The maximum atomic E-state index is 12.0. The van der Waals surface area contributed by atoms with Gasteiger partial charge in [-0.2, -0.15) is 0 Å². The maximum absolute atomic E-state index is 12.0. The molecule has 0 amide bonds. The lowest BCUT2D eigenvalue weighted by Gasteiger charge is -2.13. The van der Waals surface area contributed by atoms with Gasteiger partial charge < -0.3 is 5.11 Å². The Hall–Kier alpha value is -2.63. The summed E-state index contributed by atoms with van der Waals surface area (Å²) in [5, 5.41) is 20.8. The molecule has 2 aromatic rings. The number of hydrogen-bond acceptors (Lipinski definition) is 4. The van der Waals surface area contributed by atoms with Gasteiger partial charge in [-0.15, -0.1) is 0 Å². The number of hydrogen-bond donors (Lipinski definition) is 1. The third kappa shape index (κ3) is 2.94. The van der Waals surface area contributed by atoms with Crippen molar-refractivity contribution in [2.75, 3.05) is 0 Å². The quantitative estimate of drug-likeness (QED) is 0.691. The average Bonchev–Trinajstić information content (AvgIpc) is 2.44. The molecule has 0 aliphatic carbocycles. The molecule has 6 nitrogen and oxygen atoms in total. The fourth-order valence-electron chi connectivity index (χ4n) is 2.29. The summed E-state index contributed by atoms with van der Waals surface area (Å²) in [6.07, 6.45) is 0.623. The minimum atomic E-state index is -0.478. The van der Waals surface area contributed by atoms with Gasteiger partial charge in [-0.25, -0.2) is 0 Å². The molecule has 1 aromatic carbocycles. The second-order valence-electron chi connectivity index (χ2n) is 4.83. The van der Waals surface area contributed by atoms with E-state index < -0.39 is 4.92 Å². The first-order chi connectivity index (χ1) is 9.93. The molecule has 2 rings (SSSR count). The van der Waals surface area contributed by atoms with Crippen LogP contribution in [-0.2, 0) is 13.0 Å². The van der Waals surface area contributed by atoms with Gasteiger partial charge in [0, 0.05) is 23.8 Å². The van der Waals surface area contributed by atoms with E-state index >= 15 is 0 Å². The van der Waals surface area contributed by atoms with Gasteiger partial charge in [0.25, 0.3) is 11.2 Å². The van der Waals surface area contributed by atoms with Gasteiger partial charge in [0.2, 0.25) is 0 Å². The molecular formula is C15H16N2O4. The molecule has 0 spiro atoms. The number of rotatable bonds is 4. The van der Waals surface area contributed by atoms with Crippen LogP contribution in [0.4, 0.5) is 5.69 Å². The molecule has 0 aliphatic rings. The number of benzene rings is 1. The number of aromatic hydroxyl groups is 1. The predicted octanol–water partition coefficient (Wildman–Crippen LogP) is 2.38. The highest BCUT2D eigenvalue weighted by molar-refractivity contribution is 5.36. The fourth-order valence-corrected chi connectivity index (χ4v) is 2.29. The van der Waals surface area contributed by atoms with Crippen molar-refractivity contribution in [2.24, 2.45) is 0 Å². The van der Waals surface area contributed by atoms with Crippen LogP contribution in [0, 0.1) is 17.0 Å². The third-order valence-electron chi connectivity index (χ3n) is 3.45. The zero-order valence-electron chi connectivity index (χ0n) is 11.9. The second kappa shape index (κ2) is 5.78. The molecule has 0 saturated carbocycles. The van der Waals surface area contributed by atoms with Crippen LogP contribution < -0.4 is 5.56 Å². The highest BCUT2D eigenvalue weighted by Gasteiger charge is 2.12. The van der Waals surface area contributed by atoms with Gasteiger partial charge in [0.15, 0.2) is 5.88 Å². The van der Waals surface area contributed by atoms with Crippen LogP contribution in [0.15, 0.2) is 35.1 Å². The van der Waals surface area contributed by atoms with Gasteiger partial charge >= 0.3 is 0 Å². The first-order valence-corrected chi connectivity index (χ1v) is 6.59. The molecule has 0 fully saturated rings. The molecule has 6 heteroatoms. The van der Waals surface area contributed by atoms with Gasteiger partial charge in [-0.3, -0.25) is 19.5 Å². The summed E-state index contributed by atoms with van der Waals surface area (Å²) in [6.45, 7) is 3.87. The lowest BCUT2D eigenvalue weighted by atomic mass is 10.1. The van der Waals surface area contributed by atoms with Crippen molar-refractivity contribution in [1.82, 2.24) is 4.57 Å². The Morgan fingerprint density at radius 2 is 1.90 bits per heavy atom. The van der Waals surface area contributed by atoms with Gasteiger partial charge in [0.05, 0.1) is 11.5 Å². The second-order valence-corrected chi connectivity index (χ2v) is 4.83. The van der Waals surface area contributed by atoms with E-state index in [1.54, 1.807) is 19.1 Å². The summed E-state index contributed by atoms with van der Waals surface area (Å²) in [4.78, 5) is 22.1. The molecule has 0 atom stereocenters. The van der Waals surface area contributed by atoms with Crippen molar-refractivity contribution in [3.05, 3.63) is 67.5 Å². The van der Waals surface area contributed by atoms with Gasteiger partial charge in [0.1, 0.15) is 0 Å². The average molecular weight is 288 g/mol. The van der Waals surface area contributed by atoms with Gasteiger partial charge in [-0.1, -0.05) is 19.1 Å². The molecule has 1 N–H and O–H groups in total. The van der Waals surface area contributed by atoms with Crippen LogP contribution in [0.2, 0.25) is 0 Å². The van der Waals surface area contributed by atoms with E-state index in [1.807, 2.05) is 6.92 Å². The Labute approximate surface area is 121 Å². The van der Waals surface area contributed by atoms with Crippen molar-refractivity contribution in [3.63, 3.8) is 0 Å². The van der Waals surface area contributed by atoms with E-state index in [9.17, 15) is 20.0 Å². The minimum Gasteiger partial charge on any atom is -0.494 e. The molecular weight excluding hydrogens is 272 g/mol. The normalized spacial score (nSPS) is 10.6. The number of nitrogens with zero attached hydrogens (tertiary/aromatic N) is 2. The third-order valence-corrected chi connectivity index (χ3v) is 3.45. The summed E-state index contributed by atoms with van der Waals surface area (Å²) >= 11 is 0. The Bertz CT molecular complexity index is 733. The molecule has 1 aromatic heterocycles. The fraction of sp³-hybridized carbons (Fsp3) is 0.267. The summed E-state index contributed by atoms with van der Waals surface area (Å²) in [5.41, 5.74) is 1.91. The number of non-ortho nitro benzene ring substituents is 1. The Kier molecular flexibility index (Phi) is 4.07. The predicted molar refractivity (Wildman–Crippen MR) is 78.7 cm³/mol. The Morgan fingerprint density at radius 3 is 2.43 bits per heavy atom. The molecule has 0 aliphatic heterocycles. The lowest BCUT2D eigenvalue weighted by molar-refractivity contribution is -0.384. The largest absolute Gasteiger partial charge is 0.494 e. The summed E-state index contributed by atoms with van der Waals surface area (Å²) in [6, 6.07) is 7.41. The highest BCUT2D eigenvalue weighted by Crippen LogP contribution is 2.21. The zero-order chi connectivity index (χ0) is 15.6. The van der Waals surface area contributed by atoms with E-state index in [-0.39, 0.29) is 23.7 Å². The molecule has 1 heterocycles. The number of pyridine rings is 1. The molecule has 21 heavy (non-hydrogen) atoms. The summed E-state index contributed by atoms with van der Waals surface area (Å²) in [5.74, 6) is -0.0409. The van der Waals surface area contributed by atoms with Crippen LogP contribution in [0.5, 0.6) is 5.88 Å². The molecule has 0 saturated heterocycles. The zero-order valence-corrected chi connectivity index (χ0v) is 11.9. The number of nitro groups is 1. The van der Waals surface area contributed by atoms with Crippen LogP contribution in [0.1, 0.15) is 23.6 Å². The van der Waals surface area contributed by atoms with Crippen molar-refractivity contribution in [1.29, 1.82) is 0 Å². The number of nitro benzene ring substituents is 1. The minimum absolute atomic E-state index is 0.00604. The molecule has 0 bridgehead atoms. The Morgan fingerprint density at radius 1 is 1.29 bits per heavy atom. The van der Waals surface area contributed by atoms with Gasteiger partial charge in [-0.05, 0) is 24.5 Å². The lowest BCUT2D eigenvalue weighted by Crippen LogP contribution is -2.21. The van der Waals surface area contributed by atoms with Crippen molar-refractivity contribution < 1.29 is 10.0 Å². The van der Waals surface area contributed by atoms with E-state index in [1.165, 1.54) is 22.8 Å². The van der Waals surface area contributed by atoms with E-state index in [2.05, 4.69) is 0 Å². The topological polar surface area (TPSA) is 85.4 Å². The van der Waals surface area contributed by atoms with Crippen LogP contribution in [-0.4, -0.2) is 14.6 Å². The summed E-state index contributed by atoms with van der Waals surface area (Å²) < 4.78 is 1.27. The van der Waals surface area contributed by atoms with Crippen LogP contribution in [0.25, 0.3) is 0 Å². The molecule has 0 unspecified atom stereocenters. The first-order valence-electron chi connectivity index (χ1n) is 6.59. The SMILES string of the molecule is CCc1c(C)cc(=O)n(Cc2ccc([N+](=O)[O-])cc2)c1O. The monoisotopic (exact) mass is 288 g/mol. The Balaban J connectivity index is 2.40. The van der Waals surface area contributed by atoms with Crippen molar-refractivity contribution in [3.8, 4) is 5.88 Å². The standard InChI is InChI=1S/C15H16N2O4/c1-3-13-10(2)8-14(18)16(15(13)19)9-11-4-6-12(7-5-11)17(20)21/h4-8,19H,3,9H2,1-2H3. The summed E-state index contributed by atoms with van der Waals surface area (Å²) in [7, 11) is 0. The van der Waals surface area contributed by atoms with Crippen molar-refractivity contribution in [2.45, 2.75) is 26.8 Å². The molecule has 0 radical (unpaired) electrons. The van der Waals surface area contributed by atoms with Crippen LogP contribution in [0.3, 0.4) is 0 Å². The first kappa shape index (κ1) is 14.8. The van der Waals surface area contributed by atoms with E-state index in [0.29, 0.717) is 12.0 Å². The highest BCUT2D eigenvalue weighted by atomic mass is 16.6. The van der Waals surface area contributed by atoms with E-state index in [4.69, 9.17) is 0 Å².